The number of methoxy groups -OCH3 is 1. The Morgan fingerprint density at radius 2 is 2.00 bits per heavy atom. The van der Waals surface area contributed by atoms with Crippen molar-refractivity contribution in [3.8, 4) is 0 Å². The van der Waals surface area contributed by atoms with Gasteiger partial charge in [-0.05, 0) is 61.5 Å². The minimum atomic E-state index is -0.577. The van der Waals surface area contributed by atoms with Crippen LogP contribution in [0.25, 0.3) is 0 Å². The maximum atomic E-state index is 11.5. The van der Waals surface area contributed by atoms with Gasteiger partial charge in [0.05, 0.1) is 18.8 Å². The molecule has 1 heterocycles. The van der Waals surface area contributed by atoms with E-state index in [9.17, 15) is 5.11 Å². The zero-order valence-corrected chi connectivity index (χ0v) is 16.9. The third-order valence-corrected chi connectivity index (χ3v) is 8.69. The molecule has 5 aliphatic rings. The zero-order valence-electron chi connectivity index (χ0n) is 16.9. The fourth-order valence-corrected chi connectivity index (χ4v) is 7.08. The Kier molecular flexibility index (Phi) is 4.36. The molecule has 0 unspecified atom stereocenters. The van der Waals surface area contributed by atoms with Crippen molar-refractivity contribution in [1.29, 1.82) is 0 Å². The molecule has 0 bridgehead atoms. The predicted octanol–water partition coefficient (Wildman–Crippen LogP) is 4.13. The number of rotatable bonds is 3. The second-order valence-corrected chi connectivity index (χ2v) is 9.71. The van der Waals surface area contributed by atoms with Crippen LogP contribution in [0.5, 0.6) is 0 Å². The van der Waals surface area contributed by atoms with Crippen molar-refractivity contribution >= 4 is 0 Å². The third kappa shape index (κ3) is 2.63. The molecular weight excluding hydrogens is 340 g/mol. The summed E-state index contributed by atoms with van der Waals surface area (Å²) in [6.45, 7) is 4.48. The van der Waals surface area contributed by atoms with Gasteiger partial charge in [0.15, 0.2) is 5.79 Å². The number of ether oxygens (including phenoxy) is 3. The first-order valence-corrected chi connectivity index (χ1v) is 10.9. The van der Waals surface area contributed by atoms with E-state index in [-0.39, 0.29) is 11.2 Å². The maximum absolute atomic E-state index is 11.5. The van der Waals surface area contributed by atoms with E-state index in [0.717, 1.165) is 58.2 Å². The Balaban J connectivity index is 1.43. The lowest BCUT2D eigenvalue weighted by molar-refractivity contribution is -0.164. The number of fused-ring (bicyclic) bond motifs is 4. The molecule has 150 valence electrons. The summed E-state index contributed by atoms with van der Waals surface area (Å²) >= 11 is 0. The van der Waals surface area contributed by atoms with Gasteiger partial charge in [0.1, 0.15) is 0 Å². The summed E-state index contributed by atoms with van der Waals surface area (Å²) < 4.78 is 17.3. The lowest BCUT2D eigenvalue weighted by Gasteiger charge is -2.51. The van der Waals surface area contributed by atoms with Crippen LogP contribution in [0, 0.1) is 17.3 Å². The SMILES string of the molecule is COCC[C@@]1(O)CC[C@H]2[C@@H]3CCC4=C(CCC5(C4)OCCO5)C3=CC[C@@]21C. The maximum Gasteiger partial charge on any atom is 0.172 e. The van der Waals surface area contributed by atoms with E-state index < -0.39 is 5.60 Å². The summed E-state index contributed by atoms with van der Waals surface area (Å²) in [4.78, 5) is 0. The van der Waals surface area contributed by atoms with E-state index in [4.69, 9.17) is 14.2 Å². The Morgan fingerprint density at radius 3 is 2.78 bits per heavy atom. The van der Waals surface area contributed by atoms with Crippen molar-refractivity contribution in [3.05, 3.63) is 22.8 Å². The summed E-state index contributed by atoms with van der Waals surface area (Å²) in [5, 5.41) is 11.5. The lowest BCUT2D eigenvalue weighted by Crippen LogP contribution is -2.49. The van der Waals surface area contributed by atoms with Crippen LogP contribution >= 0.6 is 0 Å². The van der Waals surface area contributed by atoms with E-state index >= 15 is 0 Å². The number of hydrogen-bond donors (Lipinski definition) is 1. The van der Waals surface area contributed by atoms with E-state index in [2.05, 4.69) is 13.0 Å². The first kappa shape index (κ1) is 18.4. The van der Waals surface area contributed by atoms with Crippen LogP contribution in [-0.4, -0.2) is 43.4 Å². The summed E-state index contributed by atoms with van der Waals surface area (Å²) in [6, 6.07) is 0. The van der Waals surface area contributed by atoms with Crippen LogP contribution in [0.15, 0.2) is 22.8 Å². The summed E-state index contributed by atoms with van der Waals surface area (Å²) in [5.74, 6) is 0.908. The van der Waals surface area contributed by atoms with Crippen molar-refractivity contribution in [1.82, 2.24) is 0 Å². The molecule has 27 heavy (non-hydrogen) atoms. The molecule has 0 amide bonds. The van der Waals surface area contributed by atoms with Crippen LogP contribution in [0.1, 0.15) is 64.7 Å². The molecule has 1 aliphatic heterocycles. The predicted molar refractivity (Wildman–Crippen MR) is 103 cm³/mol. The Hall–Kier alpha value is -0.680. The molecule has 4 nitrogen and oxygen atoms in total. The normalized spacial score (nSPS) is 42.7. The monoisotopic (exact) mass is 374 g/mol. The van der Waals surface area contributed by atoms with Crippen LogP contribution in [0.2, 0.25) is 0 Å². The molecule has 4 heteroatoms. The van der Waals surface area contributed by atoms with Crippen molar-refractivity contribution in [2.75, 3.05) is 26.9 Å². The number of hydrogen-bond acceptors (Lipinski definition) is 4. The molecule has 5 rings (SSSR count). The third-order valence-electron chi connectivity index (χ3n) is 8.69. The topological polar surface area (TPSA) is 47.9 Å². The van der Waals surface area contributed by atoms with Crippen LogP contribution in [-0.2, 0) is 14.2 Å². The average Bonchev–Trinajstić information content (AvgIpc) is 3.22. The molecule has 1 saturated carbocycles. The molecule has 4 aliphatic carbocycles. The molecule has 0 radical (unpaired) electrons. The lowest BCUT2D eigenvalue weighted by atomic mass is 9.56. The van der Waals surface area contributed by atoms with Gasteiger partial charge in [0.2, 0.25) is 0 Å². The molecule has 0 aromatic heterocycles. The standard InChI is InChI=1S/C23H34O4/c1-21-8-5-18-17-6-10-23(26-13-14-27-23)15-16(17)3-4-19(18)20(21)7-9-22(21,24)11-12-25-2/h5,19-20,24H,3-4,6-15H2,1-2H3/t19-,20+,21+,22+/m1/s1. The number of aliphatic hydroxyl groups is 1. The van der Waals surface area contributed by atoms with Crippen molar-refractivity contribution < 1.29 is 19.3 Å². The van der Waals surface area contributed by atoms with Gasteiger partial charge >= 0.3 is 0 Å². The highest BCUT2D eigenvalue weighted by Gasteiger charge is 2.60. The van der Waals surface area contributed by atoms with Gasteiger partial charge in [-0.2, -0.15) is 0 Å². The average molecular weight is 375 g/mol. The molecule has 1 spiro atoms. The molecule has 0 aromatic carbocycles. The molecular formula is C23H34O4. The van der Waals surface area contributed by atoms with Crippen LogP contribution < -0.4 is 0 Å². The fourth-order valence-electron chi connectivity index (χ4n) is 7.08. The summed E-state index contributed by atoms with van der Waals surface area (Å²) in [6.07, 6.45) is 11.8. The summed E-state index contributed by atoms with van der Waals surface area (Å²) in [5.41, 5.74) is 4.23. The van der Waals surface area contributed by atoms with Gasteiger partial charge in [0, 0.05) is 38.4 Å². The van der Waals surface area contributed by atoms with Gasteiger partial charge in [-0.3, -0.25) is 0 Å². The molecule has 2 fully saturated rings. The van der Waals surface area contributed by atoms with Gasteiger partial charge < -0.3 is 19.3 Å². The largest absolute Gasteiger partial charge is 0.389 e. The molecule has 1 saturated heterocycles. The smallest absolute Gasteiger partial charge is 0.172 e. The van der Waals surface area contributed by atoms with Crippen LogP contribution in [0.3, 0.4) is 0 Å². The van der Waals surface area contributed by atoms with Gasteiger partial charge in [-0.15, -0.1) is 0 Å². The van der Waals surface area contributed by atoms with Crippen LogP contribution in [0.4, 0.5) is 0 Å². The Bertz CT molecular complexity index is 674. The first-order valence-electron chi connectivity index (χ1n) is 10.9. The van der Waals surface area contributed by atoms with E-state index in [1.165, 1.54) is 12.8 Å². The fraction of sp³-hybridized carbons (Fsp3) is 0.826. The quantitative estimate of drug-likeness (QED) is 0.807. The van der Waals surface area contributed by atoms with Crippen molar-refractivity contribution in [2.45, 2.75) is 76.1 Å². The van der Waals surface area contributed by atoms with E-state index in [1.807, 2.05) is 0 Å². The van der Waals surface area contributed by atoms with E-state index in [1.54, 1.807) is 23.8 Å². The number of allylic oxidation sites excluding steroid dienone is 3. The van der Waals surface area contributed by atoms with E-state index in [0.29, 0.717) is 18.4 Å². The zero-order chi connectivity index (χ0) is 18.7. The Labute approximate surface area is 162 Å². The van der Waals surface area contributed by atoms with Gasteiger partial charge in [-0.1, -0.05) is 18.6 Å². The highest BCUT2D eigenvalue weighted by atomic mass is 16.7. The second-order valence-electron chi connectivity index (χ2n) is 9.71. The van der Waals surface area contributed by atoms with Gasteiger partial charge in [0.25, 0.3) is 0 Å². The first-order chi connectivity index (χ1) is 13.0. The second kappa shape index (κ2) is 6.41. The highest BCUT2D eigenvalue weighted by Crippen LogP contribution is 2.63. The Morgan fingerprint density at radius 1 is 1.19 bits per heavy atom. The highest BCUT2D eigenvalue weighted by molar-refractivity contribution is 5.45. The van der Waals surface area contributed by atoms with Gasteiger partial charge in [-0.25, -0.2) is 0 Å². The van der Waals surface area contributed by atoms with Crippen molar-refractivity contribution in [2.24, 2.45) is 17.3 Å². The van der Waals surface area contributed by atoms with Crippen molar-refractivity contribution in [3.63, 3.8) is 0 Å². The minimum absolute atomic E-state index is 0.00861. The summed E-state index contributed by atoms with van der Waals surface area (Å²) in [7, 11) is 1.74. The molecule has 1 N–H and O–H groups in total. The molecule has 0 aromatic rings. The molecule has 4 atom stereocenters. The minimum Gasteiger partial charge on any atom is -0.389 e.